The van der Waals surface area contributed by atoms with Gasteiger partial charge in [0.15, 0.2) is 0 Å². The molecule has 0 heterocycles. The van der Waals surface area contributed by atoms with Crippen LogP contribution in [-0.2, 0) is 0 Å². The summed E-state index contributed by atoms with van der Waals surface area (Å²) in [6, 6.07) is 7.26. The summed E-state index contributed by atoms with van der Waals surface area (Å²) in [5.74, 6) is -0.597. The van der Waals surface area contributed by atoms with Crippen LogP contribution in [0.5, 0.6) is 0 Å². The normalized spacial score (nSPS) is 12.5. The first kappa shape index (κ1) is 13.7. The molecule has 0 saturated heterocycles. The van der Waals surface area contributed by atoms with Gasteiger partial charge in [-0.1, -0.05) is 6.07 Å². The van der Waals surface area contributed by atoms with Crippen LogP contribution in [0.1, 0.15) is 29.7 Å². The minimum atomic E-state index is -0.317. The molecule has 0 aliphatic carbocycles. The Morgan fingerprint density at radius 3 is 2.05 bits per heavy atom. The molecule has 1 unspecified atom stereocenters. The second-order valence-corrected chi connectivity index (χ2v) is 4.93. The number of nitrogens with two attached hydrogens (primary N) is 1. The van der Waals surface area contributed by atoms with Gasteiger partial charge in [-0.15, -0.1) is 0 Å². The van der Waals surface area contributed by atoms with E-state index in [1.54, 1.807) is 6.07 Å². The van der Waals surface area contributed by atoms with Gasteiger partial charge in [-0.2, -0.15) is 0 Å². The first-order valence-corrected chi connectivity index (χ1v) is 6.22. The highest BCUT2D eigenvalue weighted by atomic mass is 19.1. The van der Waals surface area contributed by atoms with Gasteiger partial charge in [0, 0.05) is 6.04 Å². The summed E-state index contributed by atoms with van der Waals surface area (Å²) in [5.41, 5.74) is 9.96. The van der Waals surface area contributed by atoms with Gasteiger partial charge < -0.3 is 5.73 Å². The number of hydrogen-bond acceptors (Lipinski definition) is 1. The maximum atomic E-state index is 13.5. The first-order chi connectivity index (χ1) is 8.90. The van der Waals surface area contributed by atoms with Gasteiger partial charge >= 0.3 is 0 Å². The van der Waals surface area contributed by atoms with Gasteiger partial charge in [0.25, 0.3) is 0 Å². The summed E-state index contributed by atoms with van der Waals surface area (Å²) in [6.07, 6.45) is 0. The molecule has 0 fully saturated rings. The molecule has 0 aliphatic heterocycles. The summed E-state index contributed by atoms with van der Waals surface area (Å²) >= 11 is 0. The van der Waals surface area contributed by atoms with Gasteiger partial charge in [0.2, 0.25) is 0 Å². The highest BCUT2D eigenvalue weighted by Gasteiger charge is 2.14. The second kappa shape index (κ2) is 5.10. The Morgan fingerprint density at radius 2 is 1.53 bits per heavy atom. The molecule has 19 heavy (non-hydrogen) atoms. The lowest BCUT2D eigenvalue weighted by molar-refractivity contribution is 0.625. The zero-order valence-electron chi connectivity index (χ0n) is 11.3. The zero-order valence-corrected chi connectivity index (χ0v) is 11.3. The van der Waals surface area contributed by atoms with Crippen LogP contribution in [0.25, 0.3) is 11.1 Å². The highest BCUT2D eigenvalue weighted by molar-refractivity contribution is 5.74. The molecule has 2 aromatic carbocycles. The summed E-state index contributed by atoms with van der Waals surface area (Å²) in [5, 5.41) is 0. The summed E-state index contributed by atoms with van der Waals surface area (Å²) in [6.45, 7) is 5.49. The fourth-order valence-corrected chi connectivity index (χ4v) is 2.48. The molecular weight excluding hydrogens is 244 g/mol. The van der Waals surface area contributed by atoms with E-state index in [1.807, 2.05) is 20.8 Å². The Kier molecular flexibility index (Phi) is 3.67. The molecule has 0 spiro atoms. The Hall–Kier alpha value is -1.74. The standard InChI is InChI=1S/C16H17F2N/c1-9-6-13(18)7-10(2)16(9)15-8-12(17)4-5-14(15)11(3)19/h4-8,11H,19H2,1-3H3. The van der Waals surface area contributed by atoms with E-state index >= 15 is 0 Å². The van der Waals surface area contributed by atoms with Gasteiger partial charge in [0.05, 0.1) is 0 Å². The fraction of sp³-hybridized carbons (Fsp3) is 0.250. The van der Waals surface area contributed by atoms with Crippen molar-refractivity contribution >= 4 is 0 Å². The summed E-state index contributed by atoms with van der Waals surface area (Å²) in [4.78, 5) is 0. The molecule has 1 nitrogen and oxygen atoms in total. The fourth-order valence-electron chi connectivity index (χ4n) is 2.48. The number of hydrogen-bond donors (Lipinski definition) is 1. The molecule has 3 heteroatoms. The van der Waals surface area contributed by atoms with Crippen LogP contribution in [0.3, 0.4) is 0 Å². The molecule has 0 aliphatic rings. The SMILES string of the molecule is Cc1cc(F)cc(C)c1-c1cc(F)ccc1C(C)N. The lowest BCUT2D eigenvalue weighted by atomic mass is 9.90. The predicted molar refractivity (Wildman–Crippen MR) is 73.9 cm³/mol. The van der Waals surface area contributed by atoms with Crippen LogP contribution < -0.4 is 5.73 Å². The molecular formula is C16H17F2N. The third kappa shape index (κ3) is 2.66. The summed E-state index contributed by atoms with van der Waals surface area (Å²) < 4.78 is 26.9. The topological polar surface area (TPSA) is 26.0 Å². The quantitative estimate of drug-likeness (QED) is 0.858. The number of benzene rings is 2. The van der Waals surface area contributed by atoms with E-state index in [2.05, 4.69) is 0 Å². The van der Waals surface area contributed by atoms with Crippen LogP contribution in [-0.4, -0.2) is 0 Å². The van der Waals surface area contributed by atoms with E-state index in [-0.39, 0.29) is 17.7 Å². The molecule has 0 radical (unpaired) electrons. The van der Waals surface area contributed by atoms with E-state index < -0.39 is 0 Å². The maximum Gasteiger partial charge on any atom is 0.123 e. The van der Waals surface area contributed by atoms with E-state index in [0.717, 1.165) is 27.8 Å². The Morgan fingerprint density at radius 1 is 0.947 bits per heavy atom. The Balaban J connectivity index is 2.75. The Labute approximate surface area is 112 Å². The molecule has 100 valence electrons. The highest BCUT2D eigenvalue weighted by Crippen LogP contribution is 2.33. The van der Waals surface area contributed by atoms with Gasteiger partial charge in [0.1, 0.15) is 11.6 Å². The van der Waals surface area contributed by atoms with Crippen molar-refractivity contribution in [1.29, 1.82) is 0 Å². The first-order valence-electron chi connectivity index (χ1n) is 6.22. The van der Waals surface area contributed by atoms with E-state index in [4.69, 9.17) is 5.73 Å². The summed E-state index contributed by atoms with van der Waals surface area (Å²) in [7, 11) is 0. The minimum absolute atomic E-state index is 0.209. The zero-order chi connectivity index (χ0) is 14.2. The average molecular weight is 261 g/mol. The monoisotopic (exact) mass is 261 g/mol. The second-order valence-electron chi connectivity index (χ2n) is 4.93. The molecule has 0 aromatic heterocycles. The molecule has 2 N–H and O–H groups in total. The minimum Gasteiger partial charge on any atom is -0.324 e. The lowest BCUT2D eigenvalue weighted by Gasteiger charge is -2.17. The largest absolute Gasteiger partial charge is 0.324 e. The number of aryl methyl sites for hydroxylation is 2. The van der Waals surface area contributed by atoms with Gasteiger partial charge in [-0.05, 0) is 72.9 Å². The van der Waals surface area contributed by atoms with Crippen molar-refractivity contribution in [3.63, 3.8) is 0 Å². The lowest BCUT2D eigenvalue weighted by Crippen LogP contribution is -2.08. The number of halogens is 2. The molecule has 0 saturated carbocycles. The van der Waals surface area contributed by atoms with Crippen molar-refractivity contribution < 1.29 is 8.78 Å². The van der Waals surface area contributed by atoms with Crippen molar-refractivity contribution in [3.05, 3.63) is 58.7 Å². The molecule has 0 amide bonds. The third-order valence-corrected chi connectivity index (χ3v) is 3.27. The molecule has 1 atom stereocenters. The van der Waals surface area contributed by atoms with Crippen LogP contribution in [0.4, 0.5) is 8.78 Å². The van der Waals surface area contributed by atoms with Crippen molar-refractivity contribution in [1.82, 2.24) is 0 Å². The van der Waals surface area contributed by atoms with Crippen LogP contribution in [0.15, 0.2) is 30.3 Å². The van der Waals surface area contributed by atoms with Crippen LogP contribution >= 0.6 is 0 Å². The van der Waals surface area contributed by atoms with Crippen molar-refractivity contribution in [2.45, 2.75) is 26.8 Å². The van der Waals surface area contributed by atoms with E-state index in [9.17, 15) is 8.78 Å². The van der Waals surface area contributed by atoms with Crippen molar-refractivity contribution in [2.24, 2.45) is 5.73 Å². The van der Waals surface area contributed by atoms with Crippen molar-refractivity contribution in [3.8, 4) is 11.1 Å². The number of rotatable bonds is 2. The third-order valence-electron chi connectivity index (χ3n) is 3.27. The Bertz CT molecular complexity index is 595. The van der Waals surface area contributed by atoms with Gasteiger partial charge in [-0.3, -0.25) is 0 Å². The van der Waals surface area contributed by atoms with Crippen LogP contribution in [0, 0.1) is 25.5 Å². The van der Waals surface area contributed by atoms with E-state index in [0.29, 0.717) is 0 Å². The van der Waals surface area contributed by atoms with E-state index in [1.165, 1.54) is 24.3 Å². The molecule has 0 bridgehead atoms. The molecule has 2 rings (SSSR count). The predicted octanol–water partition coefficient (Wildman–Crippen LogP) is 4.27. The van der Waals surface area contributed by atoms with Crippen LogP contribution in [0.2, 0.25) is 0 Å². The van der Waals surface area contributed by atoms with Gasteiger partial charge in [-0.25, -0.2) is 8.78 Å². The molecule has 2 aromatic rings. The van der Waals surface area contributed by atoms with Crippen molar-refractivity contribution in [2.75, 3.05) is 0 Å². The average Bonchev–Trinajstić information content (AvgIpc) is 2.27. The smallest absolute Gasteiger partial charge is 0.123 e. The maximum absolute atomic E-state index is 13.5.